The van der Waals surface area contributed by atoms with Crippen LogP contribution in [0.3, 0.4) is 0 Å². The third kappa shape index (κ3) is 5.52. The molecule has 5 nitrogen and oxygen atoms in total. The van der Waals surface area contributed by atoms with Crippen molar-refractivity contribution in [1.82, 2.24) is 5.32 Å². The van der Waals surface area contributed by atoms with Gasteiger partial charge in [-0.05, 0) is 35.9 Å². The lowest BCUT2D eigenvalue weighted by molar-refractivity contribution is -0.131. The third-order valence-corrected chi connectivity index (χ3v) is 4.49. The third-order valence-electron chi connectivity index (χ3n) is 3.76. The van der Waals surface area contributed by atoms with E-state index in [-0.39, 0.29) is 18.1 Å². The summed E-state index contributed by atoms with van der Waals surface area (Å²) in [5.74, 6) is -0.267. The maximum atomic E-state index is 12.7. The molecule has 0 heterocycles. The predicted molar refractivity (Wildman–Crippen MR) is 102 cm³/mol. The van der Waals surface area contributed by atoms with Crippen molar-refractivity contribution in [1.29, 1.82) is 0 Å². The van der Waals surface area contributed by atoms with E-state index in [1.807, 2.05) is 24.3 Å². The molecule has 2 aromatic carbocycles. The van der Waals surface area contributed by atoms with Crippen LogP contribution in [0.2, 0.25) is 0 Å². The van der Waals surface area contributed by atoms with Crippen LogP contribution in [0, 0.1) is 0 Å². The fourth-order valence-electron chi connectivity index (χ4n) is 2.47. The number of hydrogen-bond donors (Lipinski definition) is 1. The molecule has 1 N–H and O–H groups in total. The van der Waals surface area contributed by atoms with Crippen LogP contribution in [0.15, 0.2) is 53.0 Å². The topological polar surface area (TPSA) is 72.5 Å². The van der Waals surface area contributed by atoms with Gasteiger partial charge >= 0.3 is 5.97 Å². The molecule has 0 saturated carbocycles. The van der Waals surface area contributed by atoms with E-state index in [1.165, 1.54) is 6.92 Å². The van der Waals surface area contributed by atoms with Gasteiger partial charge in [-0.3, -0.25) is 14.4 Å². The lowest BCUT2D eigenvalue weighted by atomic mass is 9.97. The van der Waals surface area contributed by atoms with E-state index >= 15 is 0 Å². The number of rotatable bonds is 7. The molecule has 2 rings (SSSR count). The Morgan fingerprint density at radius 3 is 2.31 bits per heavy atom. The molecule has 26 heavy (non-hydrogen) atoms. The summed E-state index contributed by atoms with van der Waals surface area (Å²) >= 11 is 3.48. The second-order valence-corrected chi connectivity index (χ2v) is 6.59. The zero-order chi connectivity index (χ0) is 19.1. The van der Waals surface area contributed by atoms with Gasteiger partial charge in [0.2, 0.25) is 5.91 Å². The van der Waals surface area contributed by atoms with Gasteiger partial charge < -0.3 is 10.1 Å². The summed E-state index contributed by atoms with van der Waals surface area (Å²) in [5.41, 5.74) is 1.34. The average molecular weight is 418 g/mol. The van der Waals surface area contributed by atoms with E-state index in [2.05, 4.69) is 21.2 Å². The molecule has 0 aliphatic rings. The maximum absolute atomic E-state index is 12.7. The van der Waals surface area contributed by atoms with Crippen LogP contribution < -0.4 is 10.1 Å². The van der Waals surface area contributed by atoms with Crippen molar-refractivity contribution < 1.29 is 19.1 Å². The minimum Gasteiger partial charge on any atom is -0.427 e. The van der Waals surface area contributed by atoms with E-state index < -0.39 is 12.0 Å². The first-order chi connectivity index (χ1) is 12.4. The number of ketones is 1. The molecule has 0 saturated heterocycles. The Balaban J connectivity index is 2.19. The molecule has 0 fully saturated rings. The summed E-state index contributed by atoms with van der Waals surface area (Å²) in [6.45, 7) is 3.08. The van der Waals surface area contributed by atoms with E-state index in [1.54, 1.807) is 31.2 Å². The highest BCUT2D eigenvalue weighted by molar-refractivity contribution is 9.10. The Morgan fingerprint density at radius 2 is 1.73 bits per heavy atom. The van der Waals surface area contributed by atoms with E-state index in [0.29, 0.717) is 17.7 Å². The first-order valence-electron chi connectivity index (χ1n) is 8.26. The van der Waals surface area contributed by atoms with E-state index in [9.17, 15) is 14.4 Å². The second kappa shape index (κ2) is 9.29. The maximum Gasteiger partial charge on any atom is 0.308 e. The quantitative estimate of drug-likeness (QED) is 0.415. The van der Waals surface area contributed by atoms with Crippen molar-refractivity contribution in [2.75, 3.05) is 0 Å². The molecule has 6 heteroatoms. The van der Waals surface area contributed by atoms with Crippen molar-refractivity contribution >= 4 is 33.6 Å². The number of hydrogen-bond acceptors (Lipinski definition) is 4. The largest absolute Gasteiger partial charge is 0.427 e. The van der Waals surface area contributed by atoms with Crippen LogP contribution in [0.4, 0.5) is 0 Å². The number of benzene rings is 2. The van der Waals surface area contributed by atoms with Gasteiger partial charge in [-0.25, -0.2) is 0 Å². The average Bonchev–Trinajstić information content (AvgIpc) is 2.61. The Hall–Kier alpha value is -2.47. The first kappa shape index (κ1) is 19.8. The van der Waals surface area contributed by atoms with Crippen molar-refractivity contribution in [3.63, 3.8) is 0 Å². The number of halogens is 1. The van der Waals surface area contributed by atoms with Gasteiger partial charge in [0, 0.05) is 29.8 Å². The highest BCUT2D eigenvalue weighted by Crippen LogP contribution is 2.27. The highest BCUT2D eigenvalue weighted by Gasteiger charge is 2.20. The van der Waals surface area contributed by atoms with Crippen LogP contribution >= 0.6 is 15.9 Å². The number of Topliss-reactive ketones (excluding diaryl/α,β-unsaturated/α-hetero) is 1. The Labute approximate surface area is 160 Å². The van der Waals surface area contributed by atoms with Gasteiger partial charge in [0.25, 0.3) is 0 Å². The van der Waals surface area contributed by atoms with Crippen molar-refractivity contribution in [3.8, 4) is 5.75 Å². The Kier molecular flexibility index (Phi) is 7.09. The van der Waals surface area contributed by atoms with Crippen LogP contribution in [0.5, 0.6) is 5.75 Å². The number of nitrogens with one attached hydrogen (secondary N) is 1. The summed E-state index contributed by atoms with van der Waals surface area (Å²) < 4.78 is 5.80. The molecular weight excluding hydrogens is 398 g/mol. The van der Waals surface area contributed by atoms with Gasteiger partial charge in [0.05, 0.1) is 6.04 Å². The van der Waals surface area contributed by atoms with Gasteiger partial charge in [0.15, 0.2) is 5.78 Å². The van der Waals surface area contributed by atoms with E-state index in [0.717, 1.165) is 10.0 Å². The van der Waals surface area contributed by atoms with E-state index in [4.69, 9.17) is 4.74 Å². The summed E-state index contributed by atoms with van der Waals surface area (Å²) in [5, 5.41) is 2.90. The molecule has 1 unspecified atom stereocenters. The number of carbonyl (C=O) groups is 3. The number of esters is 1. The minimum absolute atomic E-state index is 0.114. The molecule has 136 valence electrons. The molecule has 2 aromatic rings. The van der Waals surface area contributed by atoms with Crippen LogP contribution in [-0.4, -0.2) is 17.7 Å². The molecule has 0 aliphatic carbocycles. The van der Waals surface area contributed by atoms with Crippen molar-refractivity contribution in [2.24, 2.45) is 0 Å². The fraction of sp³-hybridized carbons (Fsp3) is 0.250. The number of amides is 1. The van der Waals surface area contributed by atoms with Gasteiger partial charge in [-0.1, -0.05) is 41.1 Å². The monoisotopic (exact) mass is 417 g/mol. The lowest BCUT2D eigenvalue weighted by Gasteiger charge is -2.20. The molecule has 0 bridgehead atoms. The SMILES string of the molecule is CCC(=O)NC(CC(=O)c1ccc(OC(C)=O)cc1)c1ccccc1Br. The zero-order valence-corrected chi connectivity index (χ0v) is 16.2. The van der Waals surface area contributed by atoms with Gasteiger partial charge in [-0.2, -0.15) is 0 Å². The van der Waals surface area contributed by atoms with Crippen molar-refractivity contribution in [3.05, 3.63) is 64.1 Å². The standard InChI is InChI=1S/C20H20BrNO4/c1-3-20(25)22-18(16-6-4-5-7-17(16)21)12-19(24)14-8-10-15(11-9-14)26-13(2)23/h4-11,18H,3,12H2,1-2H3,(H,22,25). The molecule has 1 atom stereocenters. The summed E-state index contributed by atoms with van der Waals surface area (Å²) in [6.07, 6.45) is 0.466. The van der Waals surface area contributed by atoms with Gasteiger partial charge in [-0.15, -0.1) is 0 Å². The second-order valence-electron chi connectivity index (χ2n) is 5.74. The van der Waals surface area contributed by atoms with Crippen LogP contribution in [0.25, 0.3) is 0 Å². The Morgan fingerprint density at radius 1 is 1.08 bits per heavy atom. The zero-order valence-electron chi connectivity index (χ0n) is 14.6. The first-order valence-corrected chi connectivity index (χ1v) is 9.05. The number of ether oxygens (including phenoxy) is 1. The molecule has 0 radical (unpaired) electrons. The smallest absolute Gasteiger partial charge is 0.308 e. The molecule has 0 aliphatic heterocycles. The molecule has 1 amide bonds. The molecular formula is C20H20BrNO4. The predicted octanol–water partition coefficient (Wildman–Crippen LogP) is 4.21. The normalized spacial score (nSPS) is 11.5. The summed E-state index contributed by atoms with van der Waals surface area (Å²) in [4.78, 5) is 35.5. The fourth-order valence-corrected chi connectivity index (χ4v) is 3.03. The van der Waals surface area contributed by atoms with Crippen molar-refractivity contribution in [2.45, 2.75) is 32.7 Å². The molecule has 0 spiro atoms. The summed E-state index contributed by atoms with van der Waals surface area (Å²) in [7, 11) is 0. The van der Waals surface area contributed by atoms with Crippen LogP contribution in [-0.2, 0) is 9.59 Å². The highest BCUT2D eigenvalue weighted by atomic mass is 79.9. The minimum atomic E-state index is -0.432. The Bertz CT molecular complexity index is 802. The van der Waals surface area contributed by atoms with Crippen LogP contribution in [0.1, 0.15) is 48.7 Å². The number of carbonyl (C=O) groups excluding carboxylic acids is 3. The lowest BCUT2D eigenvalue weighted by Crippen LogP contribution is -2.29. The summed E-state index contributed by atoms with van der Waals surface area (Å²) in [6, 6.07) is 13.4. The molecule has 0 aromatic heterocycles. The van der Waals surface area contributed by atoms with Gasteiger partial charge in [0.1, 0.15) is 5.75 Å².